The molecule has 0 aliphatic heterocycles. The number of aliphatic hydroxyl groups excluding tert-OH is 2. The van der Waals surface area contributed by atoms with E-state index in [0.717, 1.165) is 12.8 Å². The molecule has 1 rings (SSSR count). The Morgan fingerprint density at radius 3 is 2.67 bits per heavy atom. The molecule has 0 radical (unpaired) electrons. The SMILES string of the molecule is CC(C)C1CCC(=O)C(CC(O)CO)C1. The molecule has 3 atom stereocenters. The third-order valence-corrected chi connectivity index (χ3v) is 3.51. The van der Waals surface area contributed by atoms with Crippen molar-refractivity contribution < 1.29 is 15.0 Å². The van der Waals surface area contributed by atoms with E-state index in [2.05, 4.69) is 13.8 Å². The lowest BCUT2D eigenvalue weighted by atomic mass is 9.74. The number of hydrogen-bond acceptors (Lipinski definition) is 3. The molecule has 0 heterocycles. The monoisotopic (exact) mass is 214 g/mol. The van der Waals surface area contributed by atoms with Crippen molar-refractivity contribution in [3.05, 3.63) is 0 Å². The van der Waals surface area contributed by atoms with E-state index < -0.39 is 6.10 Å². The van der Waals surface area contributed by atoms with Crippen LogP contribution in [-0.2, 0) is 4.79 Å². The van der Waals surface area contributed by atoms with Crippen molar-refractivity contribution in [1.82, 2.24) is 0 Å². The Bertz CT molecular complexity index is 213. The zero-order valence-electron chi connectivity index (χ0n) is 9.65. The summed E-state index contributed by atoms with van der Waals surface area (Å²) >= 11 is 0. The van der Waals surface area contributed by atoms with Crippen LogP contribution >= 0.6 is 0 Å². The van der Waals surface area contributed by atoms with Gasteiger partial charge in [0.25, 0.3) is 0 Å². The van der Waals surface area contributed by atoms with Gasteiger partial charge in [-0.2, -0.15) is 0 Å². The van der Waals surface area contributed by atoms with Crippen LogP contribution in [0.15, 0.2) is 0 Å². The van der Waals surface area contributed by atoms with E-state index in [-0.39, 0.29) is 18.3 Å². The molecule has 0 aromatic heterocycles. The maximum absolute atomic E-state index is 11.6. The van der Waals surface area contributed by atoms with Crippen LogP contribution in [0.3, 0.4) is 0 Å². The molecule has 88 valence electrons. The van der Waals surface area contributed by atoms with E-state index in [4.69, 9.17) is 5.11 Å². The minimum Gasteiger partial charge on any atom is -0.394 e. The molecule has 0 bridgehead atoms. The van der Waals surface area contributed by atoms with Gasteiger partial charge in [0, 0.05) is 12.3 Å². The van der Waals surface area contributed by atoms with Crippen molar-refractivity contribution in [2.24, 2.45) is 17.8 Å². The molecule has 0 saturated heterocycles. The van der Waals surface area contributed by atoms with E-state index in [1.54, 1.807) is 0 Å². The van der Waals surface area contributed by atoms with Crippen molar-refractivity contribution in [2.75, 3.05) is 6.61 Å². The van der Waals surface area contributed by atoms with Gasteiger partial charge < -0.3 is 10.2 Å². The maximum Gasteiger partial charge on any atom is 0.136 e. The van der Waals surface area contributed by atoms with Crippen LogP contribution in [0, 0.1) is 17.8 Å². The van der Waals surface area contributed by atoms with Gasteiger partial charge >= 0.3 is 0 Å². The fourth-order valence-electron chi connectivity index (χ4n) is 2.38. The Hall–Kier alpha value is -0.410. The third kappa shape index (κ3) is 3.58. The summed E-state index contributed by atoms with van der Waals surface area (Å²) in [5.74, 6) is 1.43. The van der Waals surface area contributed by atoms with E-state index in [0.29, 0.717) is 24.7 Å². The lowest BCUT2D eigenvalue weighted by molar-refractivity contribution is -0.127. The van der Waals surface area contributed by atoms with Crippen LogP contribution in [0.1, 0.15) is 39.5 Å². The molecule has 3 unspecified atom stereocenters. The second-order valence-corrected chi connectivity index (χ2v) is 5.01. The van der Waals surface area contributed by atoms with Gasteiger partial charge in [-0.15, -0.1) is 0 Å². The van der Waals surface area contributed by atoms with Crippen LogP contribution in [0.5, 0.6) is 0 Å². The highest BCUT2D eigenvalue weighted by Crippen LogP contribution is 2.33. The second-order valence-electron chi connectivity index (χ2n) is 5.01. The molecule has 1 saturated carbocycles. The normalized spacial score (nSPS) is 29.5. The molecule has 2 N–H and O–H groups in total. The van der Waals surface area contributed by atoms with E-state index >= 15 is 0 Å². The molecule has 1 aliphatic carbocycles. The summed E-state index contributed by atoms with van der Waals surface area (Å²) in [4.78, 5) is 11.6. The molecule has 0 spiro atoms. The van der Waals surface area contributed by atoms with Gasteiger partial charge in [0.2, 0.25) is 0 Å². The van der Waals surface area contributed by atoms with Crippen LogP contribution in [0.2, 0.25) is 0 Å². The average Bonchev–Trinajstić information content (AvgIpc) is 2.20. The standard InChI is InChI=1S/C12H22O3/c1-8(2)9-3-4-12(15)10(5-9)6-11(14)7-13/h8-11,13-14H,3-7H2,1-2H3. The number of Topliss-reactive ketones (excluding diaryl/α,β-unsaturated/α-hetero) is 1. The Labute approximate surface area is 91.5 Å². The summed E-state index contributed by atoms with van der Waals surface area (Å²) in [6, 6.07) is 0. The van der Waals surface area contributed by atoms with Crippen molar-refractivity contribution in [3.8, 4) is 0 Å². The number of carbonyl (C=O) groups excluding carboxylic acids is 1. The van der Waals surface area contributed by atoms with Crippen LogP contribution < -0.4 is 0 Å². The molecular formula is C12H22O3. The van der Waals surface area contributed by atoms with Crippen LogP contribution in [0.4, 0.5) is 0 Å². The quantitative estimate of drug-likeness (QED) is 0.743. The lowest BCUT2D eigenvalue weighted by Gasteiger charge is -2.31. The maximum atomic E-state index is 11.6. The molecule has 0 aromatic rings. The van der Waals surface area contributed by atoms with Gasteiger partial charge in [0.1, 0.15) is 5.78 Å². The Kier molecular flexibility index (Phi) is 4.74. The van der Waals surface area contributed by atoms with Gasteiger partial charge in [-0.05, 0) is 31.1 Å². The summed E-state index contributed by atoms with van der Waals surface area (Å²) in [5, 5.41) is 18.1. The summed E-state index contributed by atoms with van der Waals surface area (Å²) in [6.45, 7) is 4.12. The number of ketones is 1. The van der Waals surface area contributed by atoms with Crippen molar-refractivity contribution in [1.29, 1.82) is 0 Å². The predicted octanol–water partition coefficient (Wildman–Crippen LogP) is 1.37. The fourth-order valence-corrected chi connectivity index (χ4v) is 2.38. The highest BCUT2D eigenvalue weighted by molar-refractivity contribution is 5.81. The number of aliphatic hydroxyl groups is 2. The number of hydrogen-bond donors (Lipinski definition) is 2. The van der Waals surface area contributed by atoms with Crippen LogP contribution in [0.25, 0.3) is 0 Å². The zero-order chi connectivity index (χ0) is 11.4. The molecule has 3 nitrogen and oxygen atoms in total. The number of rotatable bonds is 4. The topological polar surface area (TPSA) is 57.5 Å². The van der Waals surface area contributed by atoms with Crippen LogP contribution in [-0.4, -0.2) is 28.7 Å². The first-order chi connectivity index (χ1) is 7.04. The molecule has 1 aliphatic rings. The first-order valence-corrected chi connectivity index (χ1v) is 5.86. The Morgan fingerprint density at radius 2 is 2.13 bits per heavy atom. The first kappa shape index (κ1) is 12.7. The molecule has 3 heteroatoms. The minimum atomic E-state index is -0.732. The fraction of sp³-hybridized carbons (Fsp3) is 0.917. The average molecular weight is 214 g/mol. The predicted molar refractivity (Wildman–Crippen MR) is 58.4 cm³/mol. The van der Waals surface area contributed by atoms with Gasteiger partial charge in [0.05, 0.1) is 12.7 Å². The summed E-state index contributed by atoms with van der Waals surface area (Å²) in [7, 11) is 0. The summed E-state index contributed by atoms with van der Waals surface area (Å²) < 4.78 is 0. The van der Waals surface area contributed by atoms with Gasteiger partial charge in [0.15, 0.2) is 0 Å². The van der Waals surface area contributed by atoms with Crippen molar-refractivity contribution >= 4 is 5.78 Å². The highest BCUT2D eigenvalue weighted by Gasteiger charge is 2.31. The first-order valence-electron chi connectivity index (χ1n) is 5.86. The Balaban J connectivity index is 2.50. The Morgan fingerprint density at radius 1 is 1.47 bits per heavy atom. The summed E-state index contributed by atoms with van der Waals surface area (Å²) in [5.41, 5.74) is 0. The minimum absolute atomic E-state index is 0.0340. The van der Waals surface area contributed by atoms with E-state index in [1.165, 1.54) is 0 Å². The highest BCUT2D eigenvalue weighted by atomic mass is 16.3. The van der Waals surface area contributed by atoms with Gasteiger partial charge in [-0.3, -0.25) is 4.79 Å². The van der Waals surface area contributed by atoms with Crippen molar-refractivity contribution in [2.45, 2.75) is 45.6 Å². The summed E-state index contributed by atoms with van der Waals surface area (Å²) in [6.07, 6.45) is 2.21. The van der Waals surface area contributed by atoms with Crippen molar-refractivity contribution in [3.63, 3.8) is 0 Å². The lowest BCUT2D eigenvalue weighted by Crippen LogP contribution is -2.31. The molecular weight excluding hydrogens is 192 g/mol. The zero-order valence-corrected chi connectivity index (χ0v) is 9.65. The third-order valence-electron chi connectivity index (χ3n) is 3.51. The molecule has 0 amide bonds. The van der Waals surface area contributed by atoms with E-state index in [1.807, 2.05) is 0 Å². The molecule has 1 fully saturated rings. The van der Waals surface area contributed by atoms with Gasteiger partial charge in [-0.25, -0.2) is 0 Å². The molecule has 0 aromatic carbocycles. The second kappa shape index (κ2) is 5.61. The van der Waals surface area contributed by atoms with E-state index in [9.17, 15) is 9.90 Å². The largest absolute Gasteiger partial charge is 0.394 e. The molecule has 15 heavy (non-hydrogen) atoms. The van der Waals surface area contributed by atoms with Gasteiger partial charge in [-0.1, -0.05) is 13.8 Å². The number of carbonyl (C=O) groups is 1. The smallest absolute Gasteiger partial charge is 0.136 e.